The molecule has 0 saturated heterocycles. The number of nitrogens with one attached hydrogen (secondary N) is 1. The highest BCUT2D eigenvalue weighted by molar-refractivity contribution is 6.30. The van der Waals surface area contributed by atoms with Crippen LogP contribution in [0.1, 0.15) is 31.9 Å². The number of aliphatic hydroxyl groups is 1. The van der Waals surface area contributed by atoms with Gasteiger partial charge in [0.1, 0.15) is 0 Å². The maximum atomic E-state index is 9.59. The Kier molecular flexibility index (Phi) is 4.36. The van der Waals surface area contributed by atoms with Crippen LogP contribution < -0.4 is 5.32 Å². The molecule has 0 radical (unpaired) electrons. The van der Waals surface area contributed by atoms with Crippen LogP contribution in [0.25, 0.3) is 0 Å². The van der Waals surface area contributed by atoms with Crippen molar-refractivity contribution in [2.24, 2.45) is 0 Å². The highest BCUT2D eigenvalue weighted by atomic mass is 35.5. The molecule has 0 aliphatic carbocycles. The third kappa shape index (κ3) is 3.48. The molecular weight excluding hydrogens is 222 g/mol. The lowest BCUT2D eigenvalue weighted by atomic mass is 9.98. The summed E-state index contributed by atoms with van der Waals surface area (Å²) in [5.41, 5.74) is 2.09. The van der Waals surface area contributed by atoms with Gasteiger partial charge in [-0.25, -0.2) is 0 Å². The minimum Gasteiger partial charge on any atom is -0.392 e. The number of aryl methyl sites for hydroxylation is 1. The van der Waals surface area contributed by atoms with Gasteiger partial charge >= 0.3 is 0 Å². The second-order valence-electron chi connectivity index (χ2n) is 4.82. The van der Waals surface area contributed by atoms with E-state index >= 15 is 0 Å². The van der Waals surface area contributed by atoms with Gasteiger partial charge in [-0.05, 0) is 51.0 Å². The topological polar surface area (TPSA) is 32.3 Å². The van der Waals surface area contributed by atoms with Gasteiger partial charge < -0.3 is 10.4 Å². The van der Waals surface area contributed by atoms with Crippen molar-refractivity contribution in [2.75, 3.05) is 0 Å². The zero-order chi connectivity index (χ0) is 12.3. The number of benzene rings is 1. The Morgan fingerprint density at radius 3 is 2.56 bits per heavy atom. The molecule has 3 heteroatoms. The van der Waals surface area contributed by atoms with Crippen LogP contribution in [0.3, 0.4) is 0 Å². The number of hydrogen-bond acceptors (Lipinski definition) is 2. The highest BCUT2D eigenvalue weighted by Crippen LogP contribution is 2.16. The first-order chi connectivity index (χ1) is 7.33. The van der Waals surface area contributed by atoms with Crippen LogP contribution in [0.2, 0.25) is 5.02 Å². The van der Waals surface area contributed by atoms with Crippen LogP contribution in [-0.2, 0) is 6.54 Å². The number of rotatable bonds is 4. The molecule has 0 saturated carbocycles. The van der Waals surface area contributed by atoms with Crippen molar-refractivity contribution in [3.63, 3.8) is 0 Å². The van der Waals surface area contributed by atoms with E-state index in [4.69, 9.17) is 11.6 Å². The summed E-state index contributed by atoms with van der Waals surface area (Å²) in [4.78, 5) is 0. The van der Waals surface area contributed by atoms with Crippen LogP contribution in [-0.4, -0.2) is 16.7 Å². The minimum absolute atomic E-state index is 0.286. The zero-order valence-corrected chi connectivity index (χ0v) is 11.1. The van der Waals surface area contributed by atoms with Crippen molar-refractivity contribution in [3.05, 3.63) is 34.3 Å². The molecule has 1 aromatic rings. The van der Waals surface area contributed by atoms with Crippen LogP contribution in [0, 0.1) is 6.92 Å². The van der Waals surface area contributed by atoms with Crippen molar-refractivity contribution in [2.45, 2.75) is 45.9 Å². The maximum Gasteiger partial charge on any atom is 0.0688 e. The van der Waals surface area contributed by atoms with Crippen LogP contribution >= 0.6 is 11.6 Å². The lowest BCUT2D eigenvalue weighted by Gasteiger charge is -2.29. The molecule has 16 heavy (non-hydrogen) atoms. The first-order valence-electron chi connectivity index (χ1n) is 5.51. The fraction of sp³-hybridized carbons (Fsp3) is 0.538. The van der Waals surface area contributed by atoms with Gasteiger partial charge in [-0.1, -0.05) is 17.7 Å². The summed E-state index contributed by atoms with van der Waals surface area (Å²) in [6, 6.07) is 5.86. The van der Waals surface area contributed by atoms with Gasteiger partial charge in [-0.2, -0.15) is 0 Å². The van der Waals surface area contributed by atoms with Gasteiger partial charge in [-0.15, -0.1) is 0 Å². The fourth-order valence-electron chi connectivity index (χ4n) is 1.33. The Bertz CT molecular complexity index is 361. The Labute approximate surface area is 103 Å². The lowest BCUT2D eigenvalue weighted by Crippen LogP contribution is -2.47. The van der Waals surface area contributed by atoms with Crippen molar-refractivity contribution in [1.29, 1.82) is 0 Å². The number of aliphatic hydroxyl groups excluding tert-OH is 1. The van der Waals surface area contributed by atoms with Crippen LogP contribution in [0.4, 0.5) is 0 Å². The molecule has 1 unspecified atom stereocenters. The Balaban J connectivity index is 2.68. The quantitative estimate of drug-likeness (QED) is 0.850. The van der Waals surface area contributed by atoms with Crippen LogP contribution in [0.15, 0.2) is 18.2 Å². The summed E-state index contributed by atoms with van der Waals surface area (Å²) in [6.07, 6.45) is -0.389. The summed E-state index contributed by atoms with van der Waals surface area (Å²) < 4.78 is 0. The van der Waals surface area contributed by atoms with Gasteiger partial charge in [-0.3, -0.25) is 0 Å². The summed E-state index contributed by atoms with van der Waals surface area (Å²) >= 11 is 5.90. The summed E-state index contributed by atoms with van der Waals surface area (Å²) in [5.74, 6) is 0. The SMILES string of the molecule is Cc1cc(Cl)ccc1CNC(C)(C)C(C)O. The maximum absolute atomic E-state index is 9.59. The molecule has 0 aromatic heterocycles. The van der Waals surface area contributed by atoms with Crippen molar-refractivity contribution in [1.82, 2.24) is 5.32 Å². The molecule has 90 valence electrons. The van der Waals surface area contributed by atoms with Crippen molar-refractivity contribution >= 4 is 11.6 Å². The van der Waals surface area contributed by atoms with E-state index in [2.05, 4.69) is 5.32 Å². The largest absolute Gasteiger partial charge is 0.392 e. The molecule has 1 rings (SSSR count). The average molecular weight is 242 g/mol. The third-order valence-corrected chi connectivity index (χ3v) is 3.32. The molecule has 2 nitrogen and oxygen atoms in total. The van der Waals surface area contributed by atoms with E-state index in [9.17, 15) is 5.11 Å². The molecular formula is C13H20ClNO. The molecule has 2 N–H and O–H groups in total. The van der Waals surface area contributed by atoms with Gasteiger partial charge in [0.05, 0.1) is 6.10 Å². The zero-order valence-electron chi connectivity index (χ0n) is 10.3. The van der Waals surface area contributed by atoms with Gasteiger partial charge in [0.25, 0.3) is 0 Å². The van der Waals surface area contributed by atoms with E-state index in [1.54, 1.807) is 6.92 Å². The van der Waals surface area contributed by atoms with Crippen molar-refractivity contribution < 1.29 is 5.11 Å². The highest BCUT2D eigenvalue weighted by Gasteiger charge is 2.22. The molecule has 0 fully saturated rings. The summed E-state index contributed by atoms with van der Waals surface area (Å²) in [5, 5.41) is 13.7. The van der Waals surface area contributed by atoms with E-state index < -0.39 is 0 Å². The Morgan fingerprint density at radius 1 is 1.44 bits per heavy atom. The van der Waals surface area contributed by atoms with Crippen molar-refractivity contribution in [3.8, 4) is 0 Å². The average Bonchev–Trinajstić information content (AvgIpc) is 2.16. The van der Waals surface area contributed by atoms with E-state index in [0.717, 1.165) is 11.6 Å². The number of hydrogen-bond donors (Lipinski definition) is 2. The molecule has 0 heterocycles. The first-order valence-corrected chi connectivity index (χ1v) is 5.89. The van der Waals surface area contributed by atoms with E-state index in [-0.39, 0.29) is 11.6 Å². The lowest BCUT2D eigenvalue weighted by molar-refractivity contribution is 0.0956. The third-order valence-electron chi connectivity index (χ3n) is 3.08. The van der Waals surface area contributed by atoms with Crippen LogP contribution in [0.5, 0.6) is 0 Å². The van der Waals surface area contributed by atoms with E-state index in [1.165, 1.54) is 11.1 Å². The normalized spacial score (nSPS) is 13.9. The Morgan fingerprint density at radius 2 is 2.06 bits per heavy atom. The summed E-state index contributed by atoms with van der Waals surface area (Å²) in [7, 11) is 0. The Hall–Kier alpha value is -0.570. The summed E-state index contributed by atoms with van der Waals surface area (Å²) in [6.45, 7) is 8.55. The fourth-order valence-corrected chi connectivity index (χ4v) is 1.56. The van der Waals surface area contributed by atoms with E-state index in [1.807, 2.05) is 39.0 Å². The molecule has 0 aliphatic heterocycles. The second-order valence-corrected chi connectivity index (χ2v) is 5.26. The predicted octanol–water partition coefficient (Wildman–Crippen LogP) is 2.90. The molecule has 1 atom stereocenters. The molecule has 0 aliphatic rings. The van der Waals surface area contributed by atoms with Gasteiger partial charge in [0, 0.05) is 17.1 Å². The monoisotopic (exact) mass is 241 g/mol. The second kappa shape index (κ2) is 5.17. The van der Waals surface area contributed by atoms with E-state index in [0.29, 0.717) is 0 Å². The molecule has 0 bridgehead atoms. The first kappa shape index (κ1) is 13.5. The molecule has 0 amide bonds. The van der Waals surface area contributed by atoms with Gasteiger partial charge in [0.2, 0.25) is 0 Å². The standard InChI is InChI=1S/C13H20ClNO/c1-9-7-12(14)6-5-11(9)8-15-13(3,4)10(2)16/h5-7,10,15-16H,8H2,1-4H3. The number of halogens is 1. The molecule has 1 aromatic carbocycles. The predicted molar refractivity (Wildman–Crippen MR) is 68.8 cm³/mol. The minimum atomic E-state index is -0.389. The molecule has 0 spiro atoms. The smallest absolute Gasteiger partial charge is 0.0688 e. The van der Waals surface area contributed by atoms with Gasteiger partial charge in [0.15, 0.2) is 0 Å².